The van der Waals surface area contributed by atoms with Crippen LogP contribution in [0, 0.1) is 5.82 Å². The second kappa shape index (κ2) is 9.57. The zero-order valence-corrected chi connectivity index (χ0v) is 21.1. The summed E-state index contributed by atoms with van der Waals surface area (Å²) in [5.74, 6) is -0.0329. The Morgan fingerprint density at radius 2 is 1.87 bits per heavy atom. The van der Waals surface area contributed by atoms with Crippen LogP contribution in [0.25, 0.3) is 5.69 Å². The summed E-state index contributed by atoms with van der Waals surface area (Å²) < 4.78 is 48.5. The number of nitrogens with zero attached hydrogens (tertiary/aromatic N) is 5. The highest BCUT2D eigenvalue weighted by molar-refractivity contribution is 6.29. The van der Waals surface area contributed by atoms with E-state index < -0.39 is 4.93 Å². The third-order valence-electron chi connectivity index (χ3n) is 6.95. The van der Waals surface area contributed by atoms with E-state index in [-0.39, 0.29) is 30.7 Å². The van der Waals surface area contributed by atoms with Crippen LogP contribution in [0.3, 0.4) is 0 Å². The summed E-state index contributed by atoms with van der Waals surface area (Å²) in [5, 5.41) is 6.94. The Morgan fingerprint density at radius 1 is 1.11 bits per heavy atom. The van der Waals surface area contributed by atoms with Crippen molar-refractivity contribution in [2.75, 3.05) is 32.1 Å². The molecule has 4 aromatic rings. The number of hydrogen-bond donors (Lipinski definition) is 2. The van der Waals surface area contributed by atoms with Gasteiger partial charge in [-0.1, -0.05) is 23.7 Å². The monoisotopic (exact) mass is 542 g/mol. The lowest BCUT2D eigenvalue weighted by atomic mass is 9.85. The van der Waals surface area contributed by atoms with E-state index in [2.05, 4.69) is 15.6 Å². The average molecular weight is 543 g/mol. The number of rotatable bonds is 6. The van der Waals surface area contributed by atoms with Gasteiger partial charge >= 0.3 is 0 Å². The molecular weight excluding hydrogens is 519 g/mol. The third kappa shape index (κ3) is 4.68. The molecule has 0 spiro atoms. The number of nitrogens with one attached hydrogen (secondary N) is 2. The van der Waals surface area contributed by atoms with Gasteiger partial charge in [-0.25, -0.2) is 19.3 Å². The first kappa shape index (κ1) is 24.7. The van der Waals surface area contributed by atoms with Gasteiger partial charge in [0.05, 0.1) is 29.1 Å². The van der Waals surface area contributed by atoms with Gasteiger partial charge in [0, 0.05) is 51.5 Å². The SMILES string of the molecule is COc1cc(Nc2nc(C3C[N+](F)(F)C3)c3c(n2)C(c2ccc(F)cc2)CNC3)ccc1-n1cnc(Cl)c1. The maximum atomic E-state index is 13.8. The number of quaternary nitrogens is 1. The summed E-state index contributed by atoms with van der Waals surface area (Å²) in [7, 11) is 1.56. The lowest BCUT2D eigenvalue weighted by Gasteiger charge is -2.34. The molecule has 2 N–H and O–H groups in total. The van der Waals surface area contributed by atoms with Crippen molar-refractivity contribution in [3.63, 3.8) is 0 Å². The Morgan fingerprint density at radius 3 is 2.55 bits per heavy atom. The summed E-state index contributed by atoms with van der Waals surface area (Å²) in [6.07, 6.45) is 3.25. The Balaban J connectivity index is 1.39. The van der Waals surface area contributed by atoms with E-state index in [1.807, 2.05) is 12.1 Å². The van der Waals surface area contributed by atoms with Crippen molar-refractivity contribution in [2.24, 2.45) is 0 Å². The number of imidazole rings is 1. The average Bonchev–Trinajstić information content (AvgIpc) is 3.33. The van der Waals surface area contributed by atoms with Crippen LogP contribution in [-0.2, 0) is 6.54 Å². The van der Waals surface area contributed by atoms with Crippen LogP contribution >= 0.6 is 11.6 Å². The lowest BCUT2D eigenvalue weighted by Crippen LogP contribution is -2.51. The molecule has 2 aromatic carbocycles. The summed E-state index contributed by atoms with van der Waals surface area (Å²) in [5.41, 5.74) is 4.46. The molecule has 0 bridgehead atoms. The highest BCUT2D eigenvalue weighted by Gasteiger charge is 2.51. The Kier molecular flexibility index (Phi) is 6.21. The molecule has 0 aliphatic carbocycles. The van der Waals surface area contributed by atoms with E-state index in [4.69, 9.17) is 26.3 Å². The van der Waals surface area contributed by atoms with Gasteiger partial charge in [-0.2, -0.15) is 0 Å². The number of ether oxygens (including phenoxy) is 1. The van der Waals surface area contributed by atoms with E-state index in [1.54, 1.807) is 42.4 Å². The van der Waals surface area contributed by atoms with E-state index in [1.165, 1.54) is 12.1 Å². The van der Waals surface area contributed by atoms with Gasteiger partial charge in [-0.3, -0.25) is 0 Å². The summed E-state index contributed by atoms with van der Waals surface area (Å²) in [6.45, 7) is 0.454. The molecule has 38 heavy (non-hydrogen) atoms. The van der Waals surface area contributed by atoms with Crippen molar-refractivity contribution < 1.29 is 23.0 Å². The molecule has 1 atom stereocenters. The molecule has 6 rings (SSSR count). The fraction of sp³-hybridized carbons (Fsp3) is 0.269. The van der Waals surface area contributed by atoms with Crippen molar-refractivity contribution in [3.8, 4) is 11.4 Å². The van der Waals surface area contributed by atoms with E-state index in [0.717, 1.165) is 22.5 Å². The van der Waals surface area contributed by atoms with Gasteiger partial charge in [0.15, 0.2) is 13.1 Å². The molecule has 196 valence electrons. The number of hydrogen-bond acceptors (Lipinski definition) is 6. The largest absolute Gasteiger partial charge is 0.494 e. The van der Waals surface area contributed by atoms with E-state index >= 15 is 0 Å². The minimum atomic E-state index is -2.03. The Labute approximate surface area is 221 Å². The molecule has 0 saturated carbocycles. The molecule has 0 radical (unpaired) electrons. The predicted molar refractivity (Wildman–Crippen MR) is 135 cm³/mol. The first-order chi connectivity index (χ1) is 18.3. The quantitative estimate of drug-likeness (QED) is 0.329. The molecule has 1 fully saturated rings. The second-order valence-corrected chi connectivity index (χ2v) is 9.86. The highest BCUT2D eigenvalue weighted by atomic mass is 35.5. The molecular formula is C26H24ClF3N7O+. The zero-order valence-electron chi connectivity index (χ0n) is 20.3. The number of aromatic nitrogens is 4. The Hall–Kier alpha value is -3.67. The number of benzene rings is 2. The molecule has 2 aliphatic rings. The number of anilines is 2. The number of methoxy groups -OCH3 is 1. The molecule has 2 aromatic heterocycles. The maximum Gasteiger partial charge on any atom is 0.227 e. The fourth-order valence-corrected chi connectivity index (χ4v) is 5.23. The van der Waals surface area contributed by atoms with Crippen LogP contribution in [0.15, 0.2) is 55.0 Å². The van der Waals surface area contributed by atoms with Gasteiger partial charge in [0.2, 0.25) is 5.95 Å². The van der Waals surface area contributed by atoms with Crippen LogP contribution in [0.2, 0.25) is 5.15 Å². The minimum absolute atomic E-state index is 0.181. The van der Waals surface area contributed by atoms with Crippen molar-refractivity contribution in [2.45, 2.75) is 18.4 Å². The normalized spacial score (nSPS) is 18.5. The molecule has 1 saturated heterocycles. The topological polar surface area (TPSA) is 76.9 Å². The van der Waals surface area contributed by atoms with Gasteiger partial charge in [-0.05, 0) is 29.8 Å². The van der Waals surface area contributed by atoms with E-state index in [9.17, 15) is 13.4 Å². The first-order valence-corrected chi connectivity index (χ1v) is 12.5. The molecule has 2 aliphatic heterocycles. The maximum absolute atomic E-state index is 13.8. The zero-order chi connectivity index (χ0) is 26.4. The predicted octanol–water partition coefficient (Wildman–Crippen LogP) is 5.13. The molecule has 1 unspecified atom stereocenters. The standard InChI is InChI=1S/C26H24ClF3N7O/c1-38-22-8-18(6-7-21(22)36-11-23(27)32-14-36)33-26-34-24(16-12-37(29,30)13-16)20-10-31-9-19(25(20)35-26)15-2-4-17(28)5-3-15/h2-8,11,14,16,19,31H,9-10,12-13H2,1H3,(H,33,34,35)/q+1. The van der Waals surface area contributed by atoms with Crippen LogP contribution in [-0.4, -0.2) is 51.2 Å². The van der Waals surface area contributed by atoms with Crippen LogP contribution in [0.5, 0.6) is 5.75 Å². The summed E-state index contributed by atoms with van der Waals surface area (Å²) in [4.78, 5) is 11.6. The van der Waals surface area contributed by atoms with Crippen molar-refractivity contribution in [3.05, 3.63) is 88.5 Å². The van der Waals surface area contributed by atoms with Gasteiger partial charge < -0.3 is 19.9 Å². The van der Waals surface area contributed by atoms with Gasteiger partial charge in [-0.15, -0.1) is 0 Å². The number of halogens is 4. The number of fused-ring (bicyclic) bond motifs is 1. The van der Waals surface area contributed by atoms with Gasteiger partial charge in [0.1, 0.15) is 29.0 Å². The highest BCUT2D eigenvalue weighted by Crippen LogP contribution is 2.40. The Bertz CT molecular complexity index is 1490. The van der Waals surface area contributed by atoms with Crippen molar-refractivity contribution >= 4 is 23.2 Å². The van der Waals surface area contributed by atoms with Crippen molar-refractivity contribution in [1.29, 1.82) is 0 Å². The van der Waals surface area contributed by atoms with Crippen molar-refractivity contribution in [1.82, 2.24) is 24.8 Å². The lowest BCUT2D eigenvalue weighted by molar-refractivity contribution is -1.20. The van der Waals surface area contributed by atoms with Crippen LogP contribution in [0.1, 0.15) is 34.4 Å². The third-order valence-corrected chi connectivity index (χ3v) is 7.15. The first-order valence-electron chi connectivity index (χ1n) is 12.1. The van der Waals surface area contributed by atoms with Crippen LogP contribution in [0.4, 0.5) is 25.0 Å². The molecule has 12 heteroatoms. The summed E-state index contributed by atoms with van der Waals surface area (Å²) in [6, 6.07) is 11.7. The molecule has 0 amide bonds. The van der Waals surface area contributed by atoms with Gasteiger partial charge in [0.25, 0.3) is 0 Å². The molecule has 8 nitrogen and oxygen atoms in total. The molecule has 4 heterocycles. The fourth-order valence-electron chi connectivity index (χ4n) is 5.08. The smallest absolute Gasteiger partial charge is 0.227 e. The summed E-state index contributed by atoms with van der Waals surface area (Å²) >= 11 is 5.97. The van der Waals surface area contributed by atoms with Crippen LogP contribution < -0.4 is 15.4 Å². The van der Waals surface area contributed by atoms with E-state index in [0.29, 0.717) is 41.3 Å². The second-order valence-electron chi connectivity index (χ2n) is 9.47. The minimum Gasteiger partial charge on any atom is -0.494 e.